The molecule has 0 saturated carbocycles. The molecule has 21 heavy (non-hydrogen) atoms. The van der Waals surface area contributed by atoms with Crippen molar-refractivity contribution in [1.82, 2.24) is 14.5 Å². The molecule has 0 bridgehead atoms. The number of thiazole rings is 1. The van der Waals surface area contributed by atoms with Crippen molar-refractivity contribution >= 4 is 28.9 Å². The molecule has 0 saturated heterocycles. The molecule has 1 aromatic carbocycles. The number of carbonyl (C=O) groups is 1. The highest BCUT2D eigenvalue weighted by Crippen LogP contribution is 2.29. The van der Waals surface area contributed by atoms with Gasteiger partial charge in [0.05, 0.1) is 18.6 Å². The molecule has 0 aliphatic rings. The van der Waals surface area contributed by atoms with Crippen LogP contribution in [-0.2, 0) is 6.54 Å². The van der Waals surface area contributed by atoms with E-state index in [1.165, 1.54) is 0 Å². The summed E-state index contributed by atoms with van der Waals surface area (Å²) >= 11 is 7.02. The molecule has 3 aromatic rings. The first kappa shape index (κ1) is 13.8. The Bertz CT molecular complexity index is 766. The summed E-state index contributed by atoms with van der Waals surface area (Å²) in [5.74, 6) is -0.970. The van der Waals surface area contributed by atoms with Crippen LogP contribution in [0, 0.1) is 0 Å². The first-order valence-corrected chi connectivity index (χ1v) is 7.27. The molecule has 0 aliphatic heterocycles. The Kier molecular flexibility index (Phi) is 3.72. The van der Waals surface area contributed by atoms with Crippen molar-refractivity contribution in [1.29, 1.82) is 0 Å². The normalized spacial score (nSPS) is 10.7. The van der Waals surface area contributed by atoms with Crippen molar-refractivity contribution in [3.05, 3.63) is 58.6 Å². The molecule has 0 radical (unpaired) electrons. The van der Waals surface area contributed by atoms with Crippen LogP contribution in [0.25, 0.3) is 10.6 Å². The molecule has 3 rings (SSSR count). The van der Waals surface area contributed by atoms with Crippen molar-refractivity contribution in [2.75, 3.05) is 0 Å². The van der Waals surface area contributed by atoms with Gasteiger partial charge in [0.25, 0.3) is 0 Å². The molecular formula is C14H10ClN3O2S. The maximum atomic E-state index is 11.4. The molecule has 2 aromatic heterocycles. The van der Waals surface area contributed by atoms with E-state index in [1.54, 1.807) is 35.4 Å². The predicted octanol–water partition coefficient (Wildman–Crippen LogP) is 3.41. The molecule has 0 aliphatic carbocycles. The van der Waals surface area contributed by atoms with Crippen molar-refractivity contribution in [2.24, 2.45) is 0 Å². The van der Waals surface area contributed by atoms with Gasteiger partial charge in [0, 0.05) is 23.0 Å². The Morgan fingerprint density at radius 2 is 2.10 bits per heavy atom. The van der Waals surface area contributed by atoms with Crippen LogP contribution in [0.1, 0.15) is 15.4 Å². The number of aromatic carboxylic acids is 1. The molecule has 106 valence electrons. The third-order valence-corrected chi connectivity index (χ3v) is 4.26. The zero-order chi connectivity index (χ0) is 14.8. The second kappa shape index (κ2) is 5.67. The molecule has 0 unspecified atom stereocenters. The fourth-order valence-electron chi connectivity index (χ4n) is 1.90. The number of carboxylic acid groups (broad SMARTS) is 1. The van der Waals surface area contributed by atoms with E-state index >= 15 is 0 Å². The first-order chi connectivity index (χ1) is 10.1. The number of carboxylic acids is 1. The first-order valence-electron chi connectivity index (χ1n) is 6.08. The third kappa shape index (κ3) is 2.96. The summed E-state index contributed by atoms with van der Waals surface area (Å²) in [4.78, 5) is 20.0. The fourth-order valence-corrected chi connectivity index (χ4v) is 2.94. The minimum absolute atomic E-state index is 0.244. The standard InChI is InChI=1S/C14H10ClN3O2S/c15-10-3-1-9(2-4-10)13-17-11(12(21-13)14(19)20)7-18-6-5-16-8-18/h1-6,8H,7H2,(H,19,20). The molecule has 0 spiro atoms. The topological polar surface area (TPSA) is 68.0 Å². The molecule has 0 amide bonds. The Morgan fingerprint density at radius 1 is 1.33 bits per heavy atom. The van der Waals surface area contributed by atoms with E-state index in [-0.39, 0.29) is 4.88 Å². The van der Waals surface area contributed by atoms with Gasteiger partial charge in [-0.05, 0) is 12.1 Å². The largest absolute Gasteiger partial charge is 0.477 e. The van der Waals surface area contributed by atoms with Crippen molar-refractivity contribution in [2.45, 2.75) is 6.54 Å². The number of rotatable bonds is 4. The Morgan fingerprint density at radius 3 is 2.71 bits per heavy atom. The van der Waals surface area contributed by atoms with Crippen LogP contribution in [0.15, 0.2) is 43.0 Å². The number of aromatic nitrogens is 3. The monoisotopic (exact) mass is 319 g/mol. The van der Waals surface area contributed by atoms with Crippen molar-refractivity contribution < 1.29 is 9.90 Å². The predicted molar refractivity (Wildman–Crippen MR) is 80.8 cm³/mol. The maximum absolute atomic E-state index is 11.4. The number of benzene rings is 1. The Hall–Kier alpha value is -2.18. The van der Waals surface area contributed by atoms with Crippen LogP contribution in [-0.4, -0.2) is 25.6 Å². The van der Waals surface area contributed by atoms with Crippen molar-refractivity contribution in [3.8, 4) is 10.6 Å². The lowest BCUT2D eigenvalue weighted by Crippen LogP contribution is -2.03. The van der Waals surface area contributed by atoms with Crippen LogP contribution in [0.5, 0.6) is 0 Å². The highest BCUT2D eigenvalue weighted by Gasteiger charge is 2.18. The van der Waals surface area contributed by atoms with E-state index in [0.29, 0.717) is 22.3 Å². The molecule has 2 heterocycles. The number of imidazole rings is 1. The van der Waals surface area contributed by atoms with Gasteiger partial charge in [-0.1, -0.05) is 23.7 Å². The maximum Gasteiger partial charge on any atom is 0.347 e. The van der Waals surface area contributed by atoms with Gasteiger partial charge in [0.1, 0.15) is 9.88 Å². The minimum atomic E-state index is -0.970. The highest BCUT2D eigenvalue weighted by atomic mass is 35.5. The lowest BCUT2D eigenvalue weighted by atomic mass is 10.2. The van der Waals surface area contributed by atoms with Crippen molar-refractivity contribution in [3.63, 3.8) is 0 Å². The van der Waals surface area contributed by atoms with Crippen LogP contribution < -0.4 is 0 Å². The zero-order valence-corrected chi connectivity index (χ0v) is 12.3. The summed E-state index contributed by atoms with van der Waals surface area (Å²) in [5.41, 5.74) is 1.37. The van der Waals surface area contributed by atoms with Gasteiger partial charge < -0.3 is 9.67 Å². The molecule has 0 atom stereocenters. The van der Waals surface area contributed by atoms with Gasteiger partial charge >= 0.3 is 5.97 Å². The number of nitrogens with zero attached hydrogens (tertiary/aromatic N) is 3. The average molecular weight is 320 g/mol. The van der Waals surface area contributed by atoms with E-state index in [2.05, 4.69) is 9.97 Å². The van der Waals surface area contributed by atoms with Crippen LogP contribution in [0.3, 0.4) is 0 Å². The highest BCUT2D eigenvalue weighted by molar-refractivity contribution is 7.17. The Labute approximate surface area is 129 Å². The second-order valence-electron chi connectivity index (χ2n) is 4.34. The molecule has 7 heteroatoms. The number of halogens is 1. The molecule has 1 N–H and O–H groups in total. The lowest BCUT2D eigenvalue weighted by molar-refractivity contribution is 0.0700. The van der Waals surface area contributed by atoms with E-state index < -0.39 is 5.97 Å². The van der Waals surface area contributed by atoms with Gasteiger partial charge in [0.15, 0.2) is 0 Å². The van der Waals surface area contributed by atoms with Crippen LogP contribution in [0.2, 0.25) is 5.02 Å². The van der Waals surface area contributed by atoms with Crippen LogP contribution in [0.4, 0.5) is 0 Å². The van der Waals surface area contributed by atoms with Gasteiger partial charge in [-0.25, -0.2) is 14.8 Å². The SMILES string of the molecule is O=C(O)c1sc(-c2ccc(Cl)cc2)nc1Cn1ccnc1. The quantitative estimate of drug-likeness (QED) is 0.800. The smallest absolute Gasteiger partial charge is 0.347 e. The summed E-state index contributed by atoms with van der Waals surface area (Å²) in [6.45, 7) is 0.381. The summed E-state index contributed by atoms with van der Waals surface area (Å²) in [7, 11) is 0. The van der Waals surface area contributed by atoms with Gasteiger partial charge in [0.2, 0.25) is 0 Å². The third-order valence-electron chi connectivity index (χ3n) is 2.87. The molecular weight excluding hydrogens is 310 g/mol. The summed E-state index contributed by atoms with van der Waals surface area (Å²) in [5, 5.41) is 10.6. The van der Waals surface area contributed by atoms with Crippen LogP contribution >= 0.6 is 22.9 Å². The number of hydrogen-bond donors (Lipinski definition) is 1. The summed E-state index contributed by atoms with van der Waals surface area (Å²) in [6.07, 6.45) is 5.05. The second-order valence-corrected chi connectivity index (χ2v) is 5.78. The lowest BCUT2D eigenvalue weighted by Gasteiger charge is -1.99. The van der Waals surface area contributed by atoms with Gasteiger partial charge in [-0.15, -0.1) is 11.3 Å². The minimum Gasteiger partial charge on any atom is -0.477 e. The van der Waals surface area contributed by atoms with E-state index in [1.807, 2.05) is 12.1 Å². The van der Waals surface area contributed by atoms with E-state index in [0.717, 1.165) is 16.9 Å². The summed E-state index contributed by atoms with van der Waals surface area (Å²) in [6, 6.07) is 7.17. The fraction of sp³-hybridized carbons (Fsp3) is 0.0714. The average Bonchev–Trinajstić information content (AvgIpc) is 3.10. The van der Waals surface area contributed by atoms with E-state index in [9.17, 15) is 9.90 Å². The molecule has 5 nitrogen and oxygen atoms in total. The van der Waals surface area contributed by atoms with Gasteiger partial charge in [-0.3, -0.25) is 0 Å². The zero-order valence-electron chi connectivity index (χ0n) is 10.7. The number of hydrogen-bond acceptors (Lipinski definition) is 4. The molecule has 0 fully saturated rings. The van der Waals surface area contributed by atoms with E-state index in [4.69, 9.17) is 11.6 Å². The van der Waals surface area contributed by atoms with Gasteiger partial charge in [-0.2, -0.15) is 0 Å². The summed E-state index contributed by atoms with van der Waals surface area (Å²) < 4.78 is 1.78. The Balaban J connectivity index is 1.99.